The number of nitrogens with zero attached hydrogens (tertiary/aromatic N) is 5. The highest BCUT2D eigenvalue weighted by atomic mass is 16.5. The van der Waals surface area contributed by atoms with Crippen molar-refractivity contribution in [1.82, 2.24) is 19.3 Å². The van der Waals surface area contributed by atoms with E-state index in [0.717, 1.165) is 24.6 Å². The SMILES string of the molecule is CN1C(=O)CCO[C@H]2CN(c3cncc4nccn34)C[C@@H]21. The van der Waals surface area contributed by atoms with Gasteiger partial charge in [-0.1, -0.05) is 0 Å². The first-order chi connectivity index (χ1) is 10.2. The van der Waals surface area contributed by atoms with Crippen LogP contribution in [0.1, 0.15) is 6.42 Å². The predicted molar refractivity (Wildman–Crippen MR) is 76.1 cm³/mol. The van der Waals surface area contributed by atoms with Crippen molar-refractivity contribution >= 4 is 17.4 Å². The Balaban J connectivity index is 1.67. The monoisotopic (exact) mass is 287 g/mol. The van der Waals surface area contributed by atoms with Crippen LogP contribution in [0.3, 0.4) is 0 Å². The number of amides is 1. The van der Waals surface area contributed by atoms with Gasteiger partial charge in [0.15, 0.2) is 5.65 Å². The quantitative estimate of drug-likeness (QED) is 0.748. The van der Waals surface area contributed by atoms with Gasteiger partial charge in [0.25, 0.3) is 0 Å². The Labute approximate surface area is 122 Å². The van der Waals surface area contributed by atoms with E-state index in [4.69, 9.17) is 4.74 Å². The summed E-state index contributed by atoms with van der Waals surface area (Å²) in [6.45, 7) is 2.03. The molecule has 0 saturated carbocycles. The first-order valence-electron chi connectivity index (χ1n) is 7.13. The minimum absolute atomic E-state index is 0.0558. The molecule has 0 unspecified atom stereocenters. The van der Waals surface area contributed by atoms with Gasteiger partial charge in [-0.25, -0.2) is 4.98 Å². The number of likely N-dealkylation sites (N-methyl/N-ethyl adjacent to an activating group) is 1. The summed E-state index contributed by atoms with van der Waals surface area (Å²) in [4.78, 5) is 24.5. The zero-order valence-corrected chi connectivity index (χ0v) is 11.8. The van der Waals surface area contributed by atoms with Crippen LogP contribution < -0.4 is 4.90 Å². The maximum absolute atomic E-state index is 12.0. The first kappa shape index (κ1) is 12.6. The van der Waals surface area contributed by atoms with Crippen molar-refractivity contribution in [2.45, 2.75) is 18.6 Å². The van der Waals surface area contributed by atoms with Gasteiger partial charge < -0.3 is 14.5 Å². The molecule has 2 aromatic heterocycles. The van der Waals surface area contributed by atoms with Crippen LogP contribution in [0.4, 0.5) is 5.82 Å². The maximum Gasteiger partial charge on any atom is 0.225 e. The smallest absolute Gasteiger partial charge is 0.225 e. The topological polar surface area (TPSA) is 63.0 Å². The summed E-state index contributed by atoms with van der Waals surface area (Å²) in [5, 5.41) is 0. The zero-order chi connectivity index (χ0) is 14.4. The van der Waals surface area contributed by atoms with Gasteiger partial charge in [-0.2, -0.15) is 0 Å². The predicted octanol–water partition coefficient (Wildman–Crippen LogP) is 0.165. The minimum Gasteiger partial charge on any atom is -0.374 e. The van der Waals surface area contributed by atoms with Crippen molar-refractivity contribution in [2.24, 2.45) is 0 Å². The molecule has 4 rings (SSSR count). The summed E-state index contributed by atoms with van der Waals surface area (Å²) < 4.78 is 7.88. The second-order valence-corrected chi connectivity index (χ2v) is 5.56. The lowest BCUT2D eigenvalue weighted by atomic mass is 10.2. The van der Waals surface area contributed by atoms with E-state index in [1.54, 1.807) is 12.4 Å². The Kier molecular flexibility index (Phi) is 2.81. The number of aromatic nitrogens is 3. The van der Waals surface area contributed by atoms with Gasteiger partial charge in [-0.15, -0.1) is 0 Å². The summed E-state index contributed by atoms with van der Waals surface area (Å²) >= 11 is 0. The molecule has 0 bridgehead atoms. The molecule has 2 saturated heterocycles. The van der Waals surface area contributed by atoms with E-state index in [1.165, 1.54) is 0 Å². The summed E-state index contributed by atoms with van der Waals surface area (Å²) in [5.41, 5.74) is 0.824. The average molecular weight is 287 g/mol. The van der Waals surface area contributed by atoms with Crippen LogP contribution in [0.5, 0.6) is 0 Å². The molecule has 0 aromatic carbocycles. The molecule has 7 nitrogen and oxygen atoms in total. The minimum atomic E-state index is 0.0558. The van der Waals surface area contributed by atoms with Gasteiger partial charge in [-0.05, 0) is 0 Å². The van der Waals surface area contributed by atoms with Crippen LogP contribution in [0, 0.1) is 0 Å². The van der Waals surface area contributed by atoms with Crippen LogP contribution in [0.2, 0.25) is 0 Å². The molecular formula is C14H17N5O2. The number of anilines is 1. The van der Waals surface area contributed by atoms with Crippen molar-refractivity contribution in [2.75, 3.05) is 31.6 Å². The van der Waals surface area contributed by atoms with E-state index in [1.807, 2.05) is 28.7 Å². The Morgan fingerprint density at radius 1 is 1.33 bits per heavy atom. The Morgan fingerprint density at radius 2 is 2.24 bits per heavy atom. The van der Waals surface area contributed by atoms with Gasteiger partial charge in [0.2, 0.25) is 5.91 Å². The Morgan fingerprint density at radius 3 is 3.14 bits per heavy atom. The highest BCUT2D eigenvalue weighted by Crippen LogP contribution is 2.26. The highest BCUT2D eigenvalue weighted by Gasteiger charge is 2.40. The largest absolute Gasteiger partial charge is 0.374 e. The lowest BCUT2D eigenvalue weighted by molar-refractivity contribution is -0.130. The third kappa shape index (κ3) is 1.96. The standard InChI is InChI=1S/C14H17N5O2/c1-17-10-8-18(9-11(10)21-5-2-14(17)20)13-7-15-6-12-16-3-4-19(12)13/h3-4,6-7,10-11H,2,5,8-9H2,1H3/t10-,11-/m0/s1. The van der Waals surface area contributed by atoms with E-state index >= 15 is 0 Å². The van der Waals surface area contributed by atoms with Crippen molar-refractivity contribution in [3.05, 3.63) is 24.8 Å². The number of fused-ring (bicyclic) bond motifs is 2. The Bertz CT molecular complexity index is 685. The van der Waals surface area contributed by atoms with E-state index in [2.05, 4.69) is 14.9 Å². The first-order valence-corrected chi connectivity index (χ1v) is 7.13. The molecule has 2 aliphatic rings. The van der Waals surface area contributed by atoms with Crippen molar-refractivity contribution in [3.63, 3.8) is 0 Å². The van der Waals surface area contributed by atoms with Crippen molar-refractivity contribution < 1.29 is 9.53 Å². The van der Waals surface area contributed by atoms with E-state index < -0.39 is 0 Å². The summed E-state index contributed by atoms with van der Waals surface area (Å²) in [6.07, 6.45) is 7.80. The fourth-order valence-corrected chi connectivity index (χ4v) is 3.21. The van der Waals surface area contributed by atoms with Gasteiger partial charge in [0.05, 0.1) is 37.6 Å². The summed E-state index contributed by atoms with van der Waals surface area (Å²) in [5.74, 6) is 1.14. The van der Waals surface area contributed by atoms with E-state index in [0.29, 0.717) is 13.0 Å². The maximum atomic E-state index is 12.0. The molecule has 1 amide bonds. The van der Waals surface area contributed by atoms with Crippen molar-refractivity contribution in [1.29, 1.82) is 0 Å². The number of hydrogen-bond acceptors (Lipinski definition) is 5. The molecule has 0 spiro atoms. The summed E-state index contributed by atoms with van der Waals surface area (Å²) in [6, 6.07) is 0.0961. The highest BCUT2D eigenvalue weighted by molar-refractivity contribution is 5.77. The van der Waals surface area contributed by atoms with Crippen LogP contribution >= 0.6 is 0 Å². The van der Waals surface area contributed by atoms with Crippen LogP contribution in [-0.2, 0) is 9.53 Å². The van der Waals surface area contributed by atoms with Gasteiger partial charge in [-0.3, -0.25) is 14.2 Å². The van der Waals surface area contributed by atoms with Crippen molar-refractivity contribution in [3.8, 4) is 0 Å². The van der Waals surface area contributed by atoms with Gasteiger partial charge in [0.1, 0.15) is 5.82 Å². The molecule has 2 atom stereocenters. The molecule has 110 valence electrons. The fourth-order valence-electron chi connectivity index (χ4n) is 3.21. The van der Waals surface area contributed by atoms with Crippen LogP contribution in [0.15, 0.2) is 24.8 Å². The third-order valence-corrected chi connectivity index (χ3v) is 4.40. The number of rotatable bonds is 1. The third-order valence-electron chi connectivity index (χ3n) is 4.40. The van der Waals surface area contributed by atoms with E-state index in [9.17, 15) is 4.79 Å². The number of ether oxygens (including phenoxy) is 1. The molecule has 2 aromatic rings. The number of carbonyl (C=O) groups is 1. The number of hydrogen-bond donors (Lipinski definition) is 0. The second kappa shape index (κ2) is 4.70. The van der Waals surface area contributed by atoms with Crippen LogP contribution in [0.25, 0.3) is 5.65 Å². The molecule has 0 N–H and O–H groups in total. The molecule has 2 fully saturated rings. The van der Waals surface area contributed by atoms with Crippen LogP contribution in [-0.4, -0.2) is 64.1 Å². The summed E-state index contributed by atoms with van der Waals surface area (Å²) in [7, 11) is 1.87. The lowest BCUT2D eigenvalue weighted by Crippen LogP contribution is -2.42. The average Bonchev–Trinajstić information content (AvgIpc) is 3.10. The number of carbonyl (C=O) groups excluding carboxylic acids is 1. The molecule has 4 heterocycles. The van der Waals surface area contributed by atoms with Gasteiger partial charge in [0, 0.05) is 32.5 Å². The lowest BCUT2D eigenvalue weighted by Gasteiger charge is -2.25. The zero-order valence-electron chi connectivity index (χ0n) is 11.8. The molecule has 2 aliphatic heterocycles. The molecule has 0 aliphatic carbocycles. The van der Waals surface area contributed by atoms with E-state index in [-0.39, 0.29) is 18.1 Å². The molecular weight excluding hydrogens is 270 g/mol. The second-order valence-electron chi connectivity index (χ2n) is 5.56. The normalized spacial score (nSPS) is 26.2. The van der Waals surface area contributed by atoms with Gasteiger partial charge >= 0.3 is 0 Å². The fraction of sp³-hybridized carbons (Fsp3) is 0.500. The molecule has 0 radical (unpaired) electrons. The number of imidazole rings is 1. The molecule has 21 heavy (non-hydrogen) atoms. The Hall–Kier alpha value is -2.15. The molecule has 7 heteroatoms.